The van der Waals surface area contributed by atoms with Gasteiger partial charge in [-0.1, -0.05) is 20.3 Å². The van der Waals surface area contributed by atoms with E-state index in [1.165, 1.54) is 48.7 Å². The predicted molar refractivity (Wildman–Crippen MR) is 84.1 cm³/mol. The summed E-state index contributed by atoms with van der Waals surface area (Å²) in [5.41, 5.74) is 0. The molecule has 2 heterocycles. The molecule has 1 fully saturated rings. The molecule has 1 N–H and O–H groups in total. The first kappa shape index (κ1) is 14.8. The zero-order valence-electron chi connectivity index (χ0n) is 12.5. The van der Waals surface area contributed by atoms with Gasteiger partial charge < -0.3 is 10.2 Å². The highest BCUT2D eigenvalue weighted by Gasteiger charge is 2.24. The quantitative estimate of drug-likeness (QED) is 0.855. The van der Waals surface area contributed by atoms with Crippen LogP contribution in [0.1, 0.15) is 63.8 Å². The Labute approximate surface area is 121 Å². The molecule has 19 heavy (non-hydrogen) atoms. The summed E-state index contributed by atoms with van der Waals surface area (Å²) in [6.45, 7) is 8.86. The predicted octanol–water partition coefficient (Wildman–Crippen LogP) is 3.97. The molecule has 2 atom stereocenters. The summed E-state index contributed by atoms with van der Waals surface area (Å²) in [7, 11) is 0. The second kappa shape index (κ2) is 7.25. The van der Waals surface area contributed by atoms with E-state index in [0.717, 1.165) is 6.54 Å². The summed E-state index contributed by atoms with van der Waals surface area (Å²) in [6.07, 6.45) is 8.67. The summed E-state index contributed by atoms with van der Waals surface area (Å²) in [4.78, 5) is 8.59. The Morgan fingerprint density at radius 2 is 2.32 bits per heavy atom. The maximum Gasteiger partial charge on any atom is 0.185 e. The van der Waals surface area contributed by atoms with Gasteiger partial charge in [-0.3, -0.25) is 0 Å². The van der Waals surface area contributed by atoms with Crippen molar-refractivity contribution in [3.63, 3.8) is 0 Å². The molecule has 0 amide bonds. The molecule has 0 saturated carbocycles. The van der Waals surface area contributed by atoms with Gasteiger partial charge in [-0.2, -0.15) is 0 Å². The van der Waals surface area contributed by atoms with Crippen LogP contribution in [-0.4, -0.2) is 24.1 Å². The molecule has 1 aliphatic rings. The Bertz CT molecular complexity index is 375. The van der Waals surface area contributed by atoms with Crippen LogP contribution in [0.2, 0.25) is 0 Å². The van der Waals surface area contributed by atoms with Crippen LogP contribution >= 0.6 is 11.3 Å². The van der Waals surface area contributed by atoms with Crippen LogP contribution in [0.15, 0.2) is 6.20 Å². The van der Waals surface area contributed by atoms with Crippen molar-refractivity contribution in [3.8, 4) is 0 Å². The molecule has 0 spiro atoms. The third kappa shape index (κ3) is 3.69. The maximum absolute atomic E-state index is 4.68. The molecule has 1 saturated heterocycles. The second-order valence-corrected chi connectivity index (χ2v) is 6.50. The lowest BCUT2D eigenvalue weighted by molar-refractivity contribution is 0.434. The lowest BCUT2D eigenvalue weighted by Gasteiger charge is -2.35. The van der Waals surface area contributed by atoms with Gasteiger partial charge in [0.05, 0.1) is 0 Å². The molecule has 2 unspecified atom stereocenters. The van der Waals surface area contributed by atoms with Crippen molar-refractivity contribution in [1.29, 1.82) is 0 Å². The molecule has 2 rings (SSSR count). The van der Waals surface area contributed by atoms with Gasteiger partial charge in [0.2, 0.25) is 0 Å². The number of nitrogens with zero attached hydrogens (tertiary/aromatic N) is 2. The Morgan fingerprint density at radius 1 is 1.47 bits per heavy atom. The van der Waals surface area contributed by atoms with Crippen molar-refractivity contribution in [2.24, 2.45) is 0 Å². The minimum absolute atomic E-state index is 0.422. The van der Waals surface area contributed by atoms with Crippen LogP contribution in [0.25, 0.3) is 0 Å². The van der Waals surface area contributed by atoms with E-state index in [4.69, 9.17) is 0 Å². The van der Waals surface area contributed by atoms with E-state index in [9.17, 15) is 0 Å². The number of thiazole rings is 1. The summed E-state index contributed by atoms with van der Waals surface area (Å²) in [6, 6.07) is 1.14. The Balaban J connectivity index is 2.07. The first-order valence-electron chi connectivity index (χ1n) is 7.72. The lowest BCUT2D eigenvalue weighted by Crippen LogP contribution is -2.39. The van der Waals surface area contributed by atoms with Gasteiger partial charge in [0.1, 0.15) is 0 Å². The number of rotatable bonds is 6. The second-order valence-electron chi connectivity index (χ2n) is 5.46. The number of hydrogen-bond donors (Lipinski definition) is 1. The van der Waals surface area contributed by atoms with Crippen LogP contribution in [-0.2, 0) is 0 Å². The van der Waals surface area contributed by atoms with Crippen LogP contribution in [0.3, 0.4) is 0 Å². The fourth-order valence-electron chi connectivity index (χ4n) is 2.90. The van der Waals surface area contributed by atoms with E-state index in [0.29, 0.717) is 12.1 Å². The molecule has 108 valence electrons. The zero-order valence-corrected chi connectivity index (χ0v) is 13.3. The minimum Gasteiger partial charge on any atom is -0.345 e. The molecule has 1 aromatic rings. The molecule has 0 radical (unpaired) electrons. The SMILES string of the molecule is CCCC1CCCCN1c1ncc(C(C)NCC)s1. The highest BCUT2D eigenvalue weighted by atomic mass is 32.1. The van der Waals surface area contributed by atoms with Crippen LogP contribution in [0.5, 0.6) is 0 Å². The van der Waals surface area contributed by atoms with Crippen LogP contribution in [0, 0.1) is 0 Å². The van der Waals surface area contributed by atoms with Crippen molar-refractivity contribution in [3.05, 3.63) is 11.1 Å². The molecule has 0 aromatic carbocycles. The maximum atomic E-state index is 4.68. The van der Waals surface area contributed by atoms with E-state index < -0.39 is 0 Å². The Morgan fingerprint density at radius 3 is 3.05 bits per heavy atom. The average Bonchev–Trinajstić information content (AvgIpc) is 2.90. The third-order valence-corrected chi connectivity index (χ3v) is 5.16. The van der Waals surface area contributed by atoms with E-state index in [2.05, 4.69) is 42.2 Å². The molecule has 4 heteroatoms. The number of anilines is 1. The smallest absolute Gasteiger partial charge is 0.185 e. The molecule has 1 aromatic heterocycles. The minimum atomic E-state index is 0.422. The van der Waals surface area contributed by atoms with Crippen LogP contribution < -0.4 is 10.2 Å². The molecular weight excluding hydrogens is 254 g/mol. The van der Waals surface area contributed by atoms with E-state index in [1.54, 1.807) is 0 Å². The Kier molecular flexibility index (Phi) is 5.64. The normalized spacial score (nSPS) is 21.6. The molecule has 0 bridgehead atoms. The zero-order chi connectivity index (χ0) is 13.7. The Hall–Kier alpha value is -0.610. The molecule has 0 aliphatic carbocycles. The van der Waals surface area contributed by atoms with Crippen molar-refractivity contribution >= 4 is 16.5 Å². The van der Waals surface area contributed by atoms with Gasteiger partial charge in [-0.05, 0) is 39.2 Å². The fourth-order valence-corrected chi connectivity index (χ4v) is 3.94. The first-order valence-corrected chi connectivity index (χ1v) is 8.53. The first-order chi connectivity index (χ1) is 9.26. The van der Waals surface area contributed by atoms with Gasteiger partial charge in [-0.25, -0.2) is 4.98 Å². The van der Waals surface area contributed by atoms with Gasteiger partial charge in [0.15, 0.2) is 5.13 Å². The largest absolute Gasteiger partial charge is 0.345 e. The number of nitrogens with one attached hydrogen (secondary N) is 1. The van der Waals surface area contributed by atoms with Crippen LogP contribution in [0.4, 0.5) is 5.13 Å². The number of piperidine rings is 1. The topological polar surface area (TPSA) is 28.2 Å². The monoisotopic (exact) mass is 281 g/mol. The lowest BCUT2D eigenvalue weighted by atomic mass is 9.99. The standard InChI is InChI=1S/C15H27N3S/c1-4-8-13-9-6-7-10-18(13)15-17-11-14(19-15)12(3)16-5-2/h11-13,16H,4-10H2,1-3H3. The third-order valence-electron chi connectivity index (χ3n) is 3.94. The highest BCUT2D eigenvalue weighted by molar-refractivity contribution is 7.15. The highest BCUT2D eigenvalue weighted by Crippen LogP contribution is 2.32. The summed E-state index contributed by atoms with van der Waals surface area (Å²) in [5.74, 6) is 0. The summed E-state index contributed by atoms with van der Waals surface area (Å²) >= 11 is 1.87. The van der Waals surface area contributed by atoms with Gasteiger partial charge >= 0.3 is 0 Å². The number of aromatic nitrogens is 1. The van der Waals surface area contributed by atoms with Gasteiger partial charge in [0.25, 0.3) is 0 Å². The van der Waals surface area contributed by atoms with E-state index in [1.807, 2.05) is 11.3 Å². The molecular formula is C15H27N3S. The summed E-state index contributed by atoms with van der Waals surface area (Å²) in [5, 5.41) is 4.70. The molecule has 1 aliphatic heterocycles. The number of hydrogen-bond acceptors (Lipinski definition) is 4. The van der Waals surface area contributed by atoms with Crippen molar-refractivity contribution in [2.45, 2.75) is 65.0 Å². The van der Waals surface area contributed by atoms with E-state index >= 15 is 0 Å². The van der Waals surface area contributed by atoms with Gasteiger partial charge in [-0.15, -0.1) is 11.3 Å². The van der Waals surface area contributed by atoms with Crippen molar-refractivity contribution in [2.75, 3.05) is 18.0 Å². The fraction of sp³-hybridized carbons (Fsp3) is 0.800. The van der Waals surface area contributed by atoms with Crippen molar-refractivity contribution in [1.82, 2.24) is 10.3 Å². The summed E-state index contributed by atoms with van der Waals surface area (Å²) < 4.78 is 0. The van der Waals surface area contributed by atoms with Crippen molar-refractivity contribution < 1.29 is 0 Å². The average molecular weight is 281 g/mol. The molecule has 3 nitrogen and oxygen atoms in total. The van der Waals surface area contributed by atoms with E-state index in [-0.39, 0.29) is 0 Å². The van der Waals surface area contributed by atoms with Gasteiger partial charge in [0, 0.05) is 29.7 Å².